The van der Waals surface area contributed by atoms with Crippen LogP contribution in [0.3, 0.4) is 0 Å². The molecule has 0 bridgehead atoms. The van der Waals surface area contributed by atoms with Gasteiger partial charge in [-0.3, -0.25) is 9.36 Å². The molecule has 3 aromatic rings. The van der Waals surface area contributed by atoms with E-state index in [-0.39, 0.29) is 5.56 Å². The monoisotopic (exact) mass is 310 g/mol. The first-order valence-corrected chi connectivity index (χ1v) is 8.29. The van der Waals surface area contributed by atoms with Gasteiger partial charge in [-0.2, -0.15) is 5.10 Å². The molecule has 120 valence electrons. The third-order valence-corrected chi connectivity index (χ3v) is 5.13. The summed E-state index contributed by atoms with van der Waals surface area (Å²) in [6.45, 7) is 7.38. The molecule has 0 spiro atoms. The molecule has 1 unspecified atom stereocenters. The van der Waals surface area contributed by atoms with Gasteiger partial charge in [0.05, 0.1) is 12.2 Å². The molecule has 5 nitrogen and oxygen atoms in total. The van der Waals surface area contributed by atoms with Crippen LogP contribution in [0, 0.1) is 6.92 Å². The second-order valence-corrected chi connectivity index (χ2v) is 6.58. The maximum Gasteiger partial charge on any atom is 0.259 e. The van der Waals surface area contributed by atoms with Crippen LogP contribution in [0.25, 0.3) is 21.8 Å². The Kier molecular flexibility index (Phi) is 3.27. The minimum absolute atomic E-state index is 0.0586. The molecule has 0 radical (unpaired) electrons. The van der Waals surface area contributed by atoms with Crippen LogP contribution in [0.2, 0.25) is 0 Å². The topological polar surface area (TPSA) is 43.1 Å². The molecule has 1 saturated heterocycles. The summed E-state index contributed by atoms with van der Waals surface area (Å²) in [5.74, 6) is 0. The summed E-state index contributed by atoms with van der Waals surface area (Å²) in [7, 11) is 1.86. The fourth-order valence-corrected chi connectivity index (χ4v) is 3.79. The van der Waals surface area contributed by atoms with Crippen molar-refractivity contribution in [2.24, 2.45) is 7.05 Å². The molecule has 1 atom stereocenters. The first-order chi connectivity index (χ1) is 11.1. The van der Waals surface area contributed by atoms with Crippen LogP contribution in [-0.2, 0) is 7.05 Å². The fraction of sp³-hybridized carbons (Fsp3) is 0.444. The number of aryl methyl sites for hydroxylation is 2. The van der Waals surface area contributed by atoms with Gasteiger partial charge in [-0.15, -0.1) is 0 Å². The van der Waals surface area contributed by atoms with E-state index < -0.39 is 0 Å². The lowest BCUT2D eigenvalue weighted by Gasteiger charge is -2.16. The van der Waals surface area contributed by atoms with E-state index in [1.54, 1.807) is 4.57 Å². The lowest BCUT2D eigenvalue weighted by molar-refractivity contribution is 0.337. The highest BCUT2D eigenvalue weighted by molar-refractivity contribution is 6.04. The maximum absolute atomic E-state index is 12.8. The summed E-state index contributed by atoms with van der Waals surface area (Å²) in [6.07, 6.45) is 3.01. The van der Waals surface area contributed by atoms with Crippen molar-refractivity contribution in [2.75, 3.05) is 19.6 Å². The smallest absolute Gasteiger partial charge is 0.259 e. The normalized spacial score (nSPS) is 19.2. The highest BCUT2D eigenvalue weighted by Crippen LogP contribution is 2.28. The van der Waals surface area contributed by atoms with Crippen LogP contribution in [-0.4, -0.2) is 38.9 Å². The van der Waals surface area contributed by atoms with Gasteiger partial charge in [-0.25, -0.2) is 4.68 Å². The van der Waals surface area contributed by atoms with Crippen LogP contribution in [0.5, 0.6) is 0 Å². The van der Waals surface area contributed by atoms with Gasteiger partial charge in [0.2, 0.25) is 0 Å². The van der Waals surface area contributed by atoms with E-state index in [2.05, 4.69) is 27.7 Å². The van der Waals surface area contributed by atoms with Gasteiger partial charge in [-0.05, 0) is 31.3 Å². The lowest BCUT2D eigenvalue weighted by Crippen LogP contribution is -2.24. The molecular formula is C18H22N4O. The molecule has 1 aliphatic heterocycles. The molecule has 1 aromatic carbocycles. The number of likely N-dealkylation sites (tertiary alicyclic amines) is 1. The summed E-state index contributed by atoms with van der Waals surface area (Å²) >= 11 is 0. The van der Waals surface area contributed by atoms with Crippen molar-refractivity contribution in [3.05, 3.63) is 40.3 Å². The predicted octanol–water partition coefficient (Wildman–Crippen LogP) is 2.46. The van der Waals surface area contributed by atoms with E-state index in [1.165, 1.54) is 0 Å². The predicted molar refractivity (Wildman–Crippen MR) is 93.0 cm³/mol. The first kappa shape index (κ1) is 14.5. The number of pyridine rings is 1. The average molecular weight is 310 g/mol. The zero-order valence-corrected chi connectivity index (χ0v) is 13.9. The number of likely N-dealkylation sites (N-methyl/N-ethyl adjacent to an activating group) is 1. The molecule has 0 saturated carbocycles. The van der Waals surface area contributed by atoms with Crippen LogP contribution in [0.1, 0.15) is 24.9 Å². The molecule has 0 N–H and O–H groups in total. The maximum atomic E-state index is 12.8. The van der Waals surface area contributed by atoms with Crippen molar-refractivity contribution in [2.45, 2.75) is 26.3 Å². The standard InChI is InChI=1S/C18H22N4O/c1-4-21-8-7-13(11-21)22-17-16(10-19-22)14-6-5-12(2)9-15(14)18(23)20(17)3/h5-6,9-10,13H,4,7-8,11H2,1-3H3. The Bertz CT molecular complexity index is 953. The minimum Gasteiger partial charge on any atom is -0.301 e. The SMILES string of the molecule is CCN1CCC(n2ncc3c4ccc(C)cc4c(=O)n(C)c32)C1. The van der Waals surface area contributed by atoms with Crippen molar-refractivity contribution >= 4 is 21.8 Å². The number of fused-ring (bicyclic) bond motifs is 3. The Hall–Kier alpha value is -2.14. The lowest BCUT2D eigenvalue weighted by atomic mass is 10.1. The van der Waals surface area contributed by atoms with Gasteiger partial charge in [0, 0.05) is 30.9 Å². The first-order valence-electron chi connectivity index (χ1n) is 8.29. The number of rotatable bonds is 2. The summed E-state index contributed by atoms with van der Waals surface area (Å²) in [4.78, 5) is 15.2. The molecule has 1 fully saturated rings. The Morgan fingerprint density at radius 3 is 2.83 bits per heavy atom. The summed E-state index contributed by atoms with van der Waals surface area (Å²) in [5, 5.41) is 7.50. The quantitative estimate of drug-likeness (QED) is 0.730. The molecular weight excluding hydrogens is 288 g/mol. The van der Waals surface area contributed by atoms with Gasteiger partial charge < -0.3 is 4.90 Å². The molecule has 5 heteroatoms. The Morgan fingerprint density at radius 2 is 2.09 bits per heavy atom. The number of hydrogen-bond acceptors (Lipinski definition) is 3. The van der Waals surface area contributed by atoms with E-state index in [0.717, 1.165) is 53.4 Å². The largest absolute Gasteiger partial charge is 0.301 e. The van der Waals surface area contributed by atoms with Gasteiger partial charge in [0.25, 0.3) is 5.56 Å². The van der Waals surface area contributed by atoms with E-state index >= 15 is 0 Å². The molecule has 1 aliphatic rings. The van der Waals surface area contributed by atoms with Crippen LogP contribution >= 0.6 is 0 Å². The number of benzene rings is 1. The number of nitrogens with zero attached hydrogens (tertiary/aromatic N) is 4. The van der Waals surface area contributed by atoms with E-state index in [1.807, 2.05) is 32.3 Å². The molecule has 0 aliphatic carbocycles. The van der Waals surface area contributed by atoms with Crippen molar-refractivity contribution in [3.63, 3.8) is 0 Å². The highest BCUT2D eigenvalue weighted by atomic mass is 16.1. The highest BCUT2D eigenvalue weighted by Gasteiger charge is 2.26. The average Bonchev–Trinajstić information content (AvgIpc) is 3.18. The van der Waals surface area contributed by atoms with Crippen molar-refractivity contribution in [1.82, 2.24) is 19.2 Å². The van der Waals surface area contributed by atoms with Gasteiger partial charge in [0.15, 0.2) is 0 Å². The molecule has 2 aromatic heterocycles. The third kappa shape index (κ3) is 2.10. The Morgan fingerprint density at radius 1 is 1.26 bits per heavy atom. The van der Waals surface area contributed by atoms with Crippen LogP contribution in [0.4, 0.5) is 0 Å². The molecule has 0 amide bonds. The molecule has 3 heterocycles. The van der Waals surface area contributed by atoms with E-state index in [4.69, 9.17) is 0 Å². The number of hydrogen-bond donors (Lipinski definition) is 0. The molecule has 23 heavy (non-hydrogen) atoms. The second kappa shape index (κ2) is 5.20. The minimum atomic E-state index is 0.0586. The number of aromatic nitrogens is 3. The Labute approximate surface area is 135 Å². The van der Waals surface area contributed by atoms with Gasteiger partial charge >= 0.3 is 0 Å². The van der Waals surface area contributed by atoms with E-state index in [9.17, 15) is 4.79 Å². The van der Waals surface area contributed by atoms with E-state index in [0.29, 0.717) is 6.04 Å². The van der Waals surface area contributed by atoms with Crippen molar-refractivity contribution in [3.8, 4) is 0 Å². The summed E-state index contributed by atoms with van der Waals surface area (Å²) in [6, 6.07) is 6.43. The van der Waals surface area contributed by atoms with Gasteiger partial charge in [-0.1, -0.05) is 24.6 Å². The van der Waals surface area contributed by atoms with Crippen LogP contribution < -0.4 is 5.56 Å². The Balaban J connectivity index is 1.98. The molecule has 4 rings (SSSR count). The zero-order chi connectivity index (χ0) is 16.1. The zero-order valence-electron chi connectivity index (χ0n) is 13.9. The van der Waals surface area contributed by atoms with Gasteiger partial charge in [0.1, 0.15) is 5.65 Å². The summed E-state index contributed by atoms with van der Waals surface area (Å²) in [5.41, 5.74) is 2.10. The summed E-state index contributed by atoms with van der Waals surface area (Å²) < 4.78 is 3.82. The fourth-order valence-electron chi connectivity index (χ4n) is 3.79. The van der Waals surface area contributed by atoms with Crippen molar-refractivity contribution in [1.29, 1.82) is 0 Å². The van der Waals surface area contributed by atoms with Crippen molar-refractivity contribution < 1.29 is 0 Å². The van der Waals surface area contributed by atoms with Crippen LogP contribution in [0.15, 0.2) is 29.2 Å². The second-order valence-electron chi connectivity index (χ2n) is 6.58. The third-order valence-electron chi connectivity index (χ3n) is 5.13.